The summed E-state index contributed by atoms with van der Waals surface area (Å²) in [5.74, 6) is 1.91. The van der Waals surface area contributed by atoms with Gasteiger partial charge in [0.25, 0.3) is 5.89 Å². The molecule has 5 nitrogen and oxygen atoms in total. The second kappa shape index (κ2) is 6.27. The predicted molar refractivity (Wildman–Crippen MR) is 84.2 cm³/mol. The Bertz CT molecular complexity index is 759. The summed E-state index contributed by atoms with van der Waals surface area (Å²) in [6.45, 7) is 6.29. The molecular weight excluding hydrogens is 298 g/mol. The van der Waals surface area contributed by atoms with E-state index >= 15 is 0 Å². The van der Waals surface area contributed by atoms with E-state index in [0.29, 0.717) is 18.2 Å². The minimum atomic E-state index is 0.273. The molecule has 0 fully saturated rings. The quantitative estimate of drug-likeness (QED) is 0.719. The normalized spacial score (nSPS) is 10.9. The van der Waals surface area contributed by atoms with Gasteiger partial charge >= 0.3 is 0 Å². The lowest BCUT2D eigenvalue weighted by molar-refractivity contribution is 0.256. The molecule has 0 aliphatic carbocycles. The highest BCUT2D eigenvalue weighted by atomic mass is 32.1. The zero-order chi connectivity index (χ0) is 15.5. The molecule has 0 amide bonds. The molecule has 0 radical (unpaired) electrons. The molecule has 0 N–H and O–H groups in total. The Hall–Kier alpha value is -2.21. The van der Waals surface area contributed by atoms with Gasteiger partial charge in [0.1, 0.15) is 5.75 Å². The minimum absolute atomic E-state index is 0.273. The maximum Gasteiger partial charge on any atom is 0.253 e. The molecule has 2 heterocycles. The van der Waals surface area contributed by atoms with Crippen molar-refractivity contribution in [3.05, 3.63) is 57.2 Å². The van der Waals surface area contributed by atoms with Crippen LogP contribution in [0.15, 0.2) is 28.0 Å². The Balaban J connectivity index is 1.64. The van der Waals surface area contributed by atoms with Crippen molar-refractivity contribution in [2.24, 2.45) is 0 Å². The summed E-state index contributed by atoms with van der Waals surface area (Å²) in [7, 11) is 0. The van der Waals surface area contributed by atoms with E-state index in [2.05, 4.69) is 15.2 Å². The van der Waals surface area contributed by atoms with E-state index in [9.17, 15) is 0 Å². The largest absolute Gasteiger partial charge is 0.483 e. The smallest absolute Gasteiger partial charge is 0.253 e. The van der Waals surface area contributed by atoms with E-state index in [1.165, 1.54) is 0 Å². The second-order valence-electron chi connectivity index (χ2n) is 5.13. The summed E-state index contributed by atoms with van der Waals surface area (Å²) in [5, 5.41) is 11.1. The van der Waals surface area contributed by atoms with Gasteiger partial charge in [-0.3, -0.25) is 0 Å². The van der Waals surface area contributed by atoms with Gasteiger partial charge in [-0.1, -0.05) is 18.2 Å². The number of nitrogens with zero attached hydrogens (tertiary/aromatic N) is 3. The minimum Gasteiger partial charge on any atom is -0.483 e. The number of aryl methyl sites for hydroxylation is 3. The topological polar surface area (TPSA) is 61.0 Å². The highest BCUT2D eigenvalue weighted by Crippen LogP contribution is 2.23. The van der Waals surface area contributed by atoms with Crippen LogP contribution in [0.25, 0.3) is 0 Å². The molecule has 22 heavy (non-hydrogen) atoms. The number of ether oxygens (including phenoxy) is 1. The number of aromatic nitrogens is 3. The van der Waals surface area contributed by atoms with Crippen LogP contribution in [-0.2, 0) is 13.0 Å². The highest BCUT2D eigenvalue weighted by molar-refractivity contribution is 7.09. The van der Waals surface area contributed by atoms with Crippen LogP contribution in [0, 0.1) is 20.8 Å². The Morgan fingerprint density at radius 3 is 2.50 bits per heavy atom. The third-order valence-electron chi connectivity index (χ3n) is 3.26. The van der Waals surface area contributed by atoms with Crippen molar-refractivity contribution < 1.29 is 9.15 Å². The maximum absolute atomic E-state index is 5.81. The van der Waals surface area contributed by atoms with Crippen molar-refractivity contribution in [1.82, 2.24) is 15.2 Å². The molecule has 0 saturated carbocycles. The Morgan fingerprint density at radius 1 is 1.09 bits per heavy atom. The Kier molecular flexibility index (Phi) is 4.20. The second-order valence-corrected chi connectivity index (χ2v) is 6.20. The summed E-state index contributed by atoms with van der Waals surface area (Å²) < 4.78 is 11.4. The summed E-state index contributed by atoms with van der Waals surface area (Å²) in [6.07, 6.45) is 0.556. The van der Waals surface area contributed by atoms with Crippen LogP contribution in [0.5, 0.6) is 5.75 Å². The fraction of sp³-hybridized carbons (Fsp3) is 0.312. The molecule has 6 heteroatoms. The van der Waals surface area contributed by atoms with Crippen molar-refractivity contribution >= 4 is 11.3 Å². The molecule has 3 rings (SSSR count). The number of hydrogen-bond donors (Lipinski definition) is 0. The first-order valence-corrected chi connectivity index (χ1v) is 7.91. The van der Waals surface area contributed by atoms with Crippen molar-refractivity contribution in [2.45, 2.75) is 33.8 Å². The van der Waals surface area contributed by atoms with Crippen LogP contribution in [0.4, 0.5) is 0 Å². The molecule has 0 bridgehead atoms. The Labute approximate surface area is 133 Å². The molecule has 2 aromatic heterocycles. The van der Waals surface area contributed by atoms with E-state index in [4.69, 9.17) is 9.15 Å². The van der Waals surface area contributed by atoms with Crippen LogP contribution in [0.1, 0.15) is 33.6 Å². The number of rotatable bonds is 5. The van der Waals surface area contributed by atoms with Gasteiger partial charge in [-0.15, -0.1) is 21.5 Å². The summed E-state index contributed by atoms with van der Waals surface area (Å²) in [4.78, 5) is 4.39. The molecule has 3 aromatic rings. The number of benzene rings is 1. The maximum atomic E-state index is 5.81. The summed E-state index contributed by atoms with van der Waals surface area (Å²) in [5.41, 5.74) is 3.14. The van der Waals surface area contributed by atoms with Crippen LogP contribution in [-0.4, -0.2) is 15.2 Å². The lowest BCUT2D eigenvalue weighted by Crippen LogP contribution is -1.99. The third-order valence-corrected chi connectivity index (χ3v) is 4.08. The van der Waals surface area contributed by atoms with Crippen molar-refractivity contribution in [2.75, 3.05) is 0 Å². The first kappa shape index (κ1) is 14.7. The molecule has 0 saturated heterocycles. The zero-order valence-corrected chi connectivity index (χ0v) is 13.6. The Morgan fingerprint density at radius 2 is 1.82 bits per heavy atom. The molecule has 0 atom stereocenters. The van der Waals surface area contributed by atoms with Gasteiger partial charge < -0.3 is 9.15 Å². The molecule has 114 valence electrons. The summed E-state index contributed by atoms with van der Waals surface area (Å²) in [6, 6.07) is 6.05. The lowest BCUT2D eigenvalue weighted by Gasteiger charge is -2.09. The summed E-state index contributed by atoms with van der Waals surface area (Å²) >= 11 is 1.62. The molecule has 0 aliphatic rings. The van der Waals surface area contributed by atoms with Gasteiger partial charge in [0.05, 0.1) is 17.1 Å². The van der Waals surface area contributed by atoms with Crippen molar-refractivity contribution in [3.8, 4) is 5.75 Å². The van der Waals surface area contributed by atoms with Gasteiger partial charge in [0, 0.05) is 5.38 Å². The molecule has 0 unspecified atom stereocenters. The van der Waals surface area contributed by atoms with E-state index in [1.54, 1.807) is 11.3 Å². The number of hydrogen-bond acceptors (Lipinski definition) is 6. The average Bonchev–Trinajstić information content (AvgIpc) is 3.08. The van der Waals surface area contributed by atoms with Gasteiger partial charge in [-0.2, -0.15) is 0 Å². The molecule has 0 aliphatic heterocycles. The van der Waals surface area contributed by atoms with E-state index in [0.717, 1.165) is 27.6 Å². The SMILES string of the molecule is Cc1nc(Cc2nnc(COc3c(C)cccc3C)o2)cs1. The van der Waals surface area contributed by atoms with Gasteiger partial charge in [0.2, 0.25) is 5.89 Å². The highest BCUT2D eigenvalue weighted by Gasteiger charge is 2.11. The fourth-order valence-electron chi connectivity index (χ4n) is 2.22. The first-order chi connectivity index (χ1) is 10.6. The van der Waals surface area contributed by atoms with Crippen molar-refractivity contribution in [3.63, 3.8) is 0 Å². The van der Waals surface area contributed by atoms with Gasteiger partial charge in [-0.25, -0.2) is 4.98 Å². The van der Waals surface area contributed by atoms with Crippen LogP contribution in [0.2, 0.25) is 0 Å². The molecule has 1 aromatic carbocycles. The van der Waals surface area contributed by atoms with Gasteiger partial charge in [-0.05, 0) is 31.9 Å². The first-order valence-electron chi connectivity index (χ1n) is 7.03. The van der Waals surface area contributed by atoms with Crippen molar-refractivity contribution in [1.29, 1.82) is 0 Å². The van der Waals surface area contributed by atoms with Crippen LogP contribution >= 0.6 is 11.3 Å². The van der Waals surface area contributed by atoms with Gasteiger partial charge in [0.15, 0.2) is 6.61 Å². The van der Waals surface area contributed by atoms with E-state index in [1.807, 2.05) is 44.4 Å². The fourth-order valence-corrected chi connectivity index (χ4v) is 2.84. The average molecular weight is 315 g/mol. The monoisotopic (exact) mass is 315 g/mol. The third kappa shape index (κ3) is 3.33. The van der Waals surface area contributed by atoms with E-state index < -0.39 is 0 Å². The lowest BCUT2D eigenvalue weighted by atomic mass is 10.1. The zero-order valence-electron chi connectivity index (χ0n) is 12.8. The van der Waals surface area contributed by atoms with E-state index in [-0.39, 0.29) is 6.61 Å². The van der Waals surface area contributed by atoms with Crippen LogP contribution in [0.3, 0.4) is 0 Å². The van der Waals surface area contributed by atoms with Crippen LogP contribution < -0.4 is 4.74 Å². The predicted octanol–water partition coefficient (Wildman–Crippen LogP) is 3.62. The number of thiazole rings is 1. The number of para-hydroxylation sites is 1. The standard InChI is InChI=1S/C16H17N3O2S/c1-10-5-4-6-11(2)16(10)20-8-15-19-18-14(21-15)7-13-9-22-12(3)17-13/h4-6,9H,7-8H2,1-3H3. The molecule has 0 spiro atoms. The molecular formula is C16H17N3O2S.